The summed E-state index contributed by atoms with van der Waals surface area (Å²) in [5.74, 6) is -0.819. The number of carbonyl (C=O) groups excluding carboxylic acids is 1. The second-order valence-corrected chi connectivity index (χ2v) is 3.32. The number of hydrogen-bond acceptors (Lipinski definition) is 2. The average Bonchev–Trinajstić information content (AvgIpc) is 2.02. The van der Waals surface area contributed by atoms with E-state index in [-0.39, 0.29) is 12.0 Å². The number of rotatable bonds is 4. The van der Waals surface area contributed by atoms with Crippen molar-refractivity contribution in [3.05, 3.63) is 0 Å². The van der Waals surface area contributed by atoms with Crippen molar-refractivity contribution < 1.29 is 14.6 Å². The molecule has 0 bridgehead atoms. The molecule has 0 amide bonds. The van der Waals surface area contributed by atoms with Gasteiger partial charge in [0.1, 0.15) is 0 Å². The van der Waals surface area contributed by atoms with E-state index < -0.39 is 12.1 Å². The highest BCUT2D eigenvalue weighted by atomic mass is 16.6. The molecule has 0 saturated carbocycles. The lowest BCUT2D eigenvalue weighted by molar-refractivity contribution is -0.165. The maximum absolute atomic E-state index is 11.1. The Morgan fingerprint density at radius 1 is 1.33 bits per heavy atom. The summed E-state index contributed by atoms with van der Waals surface area (Å²) in [5.41, 5.74) is 0. The zero-order valence-electron chi connectivity index (χ0n) is 8.16. The topological polar surface area (TPSA) is 46.2 Å². The molecule has 0 aromatic heterocycles. The molecule has 2 unspecified atom stereocenters. The molecule has 0 spiro atoms. The van der Waals surface area contributed by atoms with Crippen molar-refractivity contribution in [3.63, 3.8) is 0 Å². The molecule has 12 heavy (non-hydrogen) atoms. The van der Waals surface area contributed by atoms with E-state index in [1.165, 1.54) is 0 Å². The first-order valence-corrected chi connectivity index (χ1v) is 4.35. The monoisotopic (exact) mass is 173 g/mol. The van der Waals surface area contributed by atoms with Gasteiger partial charge in [0.25, 0.3) is 0 Å². The highest BCUT2D eigenvalue weighted by molar-refractivity contribution is 5.74. The fraction of sp³-hybridized carbons (Fsp3) is 0.889. The molecule has 0 rings (SSSR count). The molecule has 0 aliphatic carbocycles. The normalized spacial score (nSPS) is 15.8. The van der Waals surface area contributed by atoms with Crippen molar-refractivity contribution in [2.45, 2.75) is 46.3 Å². The first-order chi connectivity index (χ1) is 5.49. The maximum atomic E-state index is 11.1. The van der Waals surface area contributed by atoms with Crippen LogP contribution in [0.3, 0.4) is 0 Å². The molecule has 0 heterocycles. The number of hydrogen-bond donors (Lipinski definition) is 0. The molecule has 0 saturated heterocycles. The summed E-state index contributed by atoms with van der Waals surface area (Å²) in [6, 6.07) is 0. The predicted octanol–water partition coefficient (Wildman–Crippen LogP) is 1.78. The van der Waals surface area contributed by atoms with Crippen LogP contribution in [0.2, 0.25) is 0 Å². The lowest BCUT2D eigenvalue weighted by atomic mass is 10.1. The Kier molecular flexibility index (Phi) is 4.90. The second-order valence-electron chi connectivity index (χ2n) is 3.32. The van der Waals surface area contributed by atoms with E-state index in [4.69, 9.17) is 4.74 Å². The van der Waals surface area contributed by atoms with Crippen LogP contribution in [0.1, 0.15) is 34.1 Å². The minimum absolute atomic E-state index is 0.146. The van der Waals surface area contributed by atoms with Gasteiger partial charge in [0.15, 0.2) is 6.10 Å². The summed E-state index contributed by atoms with van der Waals surface area (Å²) in [6.07, 6.45) is -0.636. The predicted molar refractivity (Wildman–Crippen MR) is 45.2 cm³/mol. The Morgan fingerprint density at radius 2 is 1.83 bits per heavy atom. The van der Waals surface area contributed by atoms with Crippen LogP contribution in [0.4, 0.5) is 0 Å². The van der Waals surface area contributed by atoms with Crippen molar-refractivity contribution in [3.8, 4) is 0 Å². The van der Waals surface area contributed by atoms with Gasteiger partial charge in [-0.2, -0.15) is 0 Å². The quantitative estimate of drug-likeness (QED) is 0.608. The SMILES string of the molecule is CCC(C)OC(=O)C([O])C(C)C. The van der Waals surface area contributed by atoms with E-state index in [2.05, 4.69) is 0 Å². The van der Waals surface area contributed by atoms with Gasteiger partial charge in [-0.05, 0) is 19.3 Å². The fourth-order valence-electron chi connectivity index (χ4n) is 0.621. The van der Waals surface area contributed by atoms with Crippen molar-refractivity contribution in [2.24, 2.45) is 5.92 Å². The lowest BCUT2D eigenvalue weighted by Gasteiger charge is -2.15. The molecule has 1 radical (unpaired) electrons. The van der Waals surface area contributed by atoms with E-state index in [0.29, 0.717) is 0 Å². The minimum atomic E-state index is -1.24. The highest BCUT2D eigenvalue weighted by Gasteiger charge is 2.23. The molecular weight excluding hydrogens is 156 g/mol. The Morgan fingerprint density at radius 3 is 2.17 bits per heavy atom. The van der Waals surface area contributed by atoms with E-state index >= 15 is 0 Å². The number of carbonyl (C=O) groups is 1. The average molecular weight is 173 g/mol. The van der Waals surface area contributed by atoms with Gasteiger partial charge in [-0.25, -0.2) is 9.90 Å². The van der Waals surface area contributed by atoms with E-state index in [9.17, 15) is 9.90 Å². The van der Waals surface area contributed by atoms with Crippen LogP contribution in [-0.4, -0.2) is 18.2 Å². The first-order valence-electron chi connectivity index (χ1n) is 4.35. The molecule has 0 aromatic carbocycles. The summed E-state index contributed by atoms with van der Waals surface area (Å²) in [6.45, 7) is 7.13. The fourth-order valence-corrected chi connectivity index (χ4v) is 0.621. The molecule has 0 fully saturated rings. The molecular formula is C9H17O3. The molecule has 3 nitrogen and oxygen atoms in total. The van der Waals surface area contributed by atoms with Gasteiger partial charge in [0.05, 0.1) is 6.10 Å². The van der Waals surface area contributed by atoms with Crippen molar-refractivity contribution in [2.75, 3.05) is 0 Å². The van der Waals surface area contributed by atoms with E-state index in [1.807, 2.05) is 6.92 Å². The highest BCUT2D eigenvalue weighted by Crippen LogP contribution is 2.06. The first kappa shape index (κ1) is 11.4. The Balaban J connectivity index is 3.87. The third-order valence-corrected chi connectivity index (χ3v) is 1.73. The molecule has 0 aromatic rings. The molecule has 2 atom stereocenters. The third-order valence-electron chi connectivity index (χ3n) is 1.73. The lowest BCUT2D eigenvalue weighted by Crippen LogP contribution is -2.29. The zero-order valence-corrected chi connectivity index (χ0v) is 8.16. The number of ether oxygens (including phenoxy) is 1. The molecule has 3 heteroatoms. The van der Waals surface area contributed by atoms with Gasteiger partial charge in [-0.1, -0.05) is 20.8 Å². The second kappa shape index (κ2) is 5.14. The summed E-state index contributed by atoms with van der Waals surface area (Å²) in [7, 11) is 0. The Labute approximate surface area is 73.7 Å². The Bertz CT molecular complexity index is 143. The van der Waals surface area contributed by atoms with Crippen LogP contribution < -0.4 is 0 Å². The maximum Gasteiger partial charge on any atom is 0.339 e. The largest absolute Gasteiger partial charge is 0.461 e. The van der Waals surface area contributed by atoms with Gasteiger partial charge < -0.3 is 4.74 Å². The molecule has 71 valence electrons. The third kappa shape index (κ3) is 3.72. The van der Waals surface area contributed by atoms with Gasteiger partial charge >= 0.3 is 5.97 Å². The molecule has 0 N–H and O–H groups in total. The van der Waals surface area contributed by atoms with Crippen LogP contribution >= 0.6 is 0 Å². The summed E-state index contributed by atoms with van der Waals surface area (Å²) >= 11 is 0. The summed E-state index contributed by atoms with van der Waals surface area (Å²) in [5, 5.41) is 11.1. The van der Waals surface area contributed by atoms with Crippen LogP contribution in [0.5, 0.6) is 0 Å². The van der Waals surface area contributed by atoms with E-state index in [0.717, 1.165) is 6.42 Å². The van der Waals surface area contributed by atoms with Crippen LogP contribution in [0.15, 0.2) is 0 Å². The van der Waals surface area contributed by atoms with Crippen LogP contribution in [0.25, 0.3) is 0 Å². The standard InChI is InChI=1S/C9H17O3/c1-5-7(4)12-9(11)8(10)6(2)3/h6-8H,5H2,1-4H3. The van der Waals surface area contributed by atoms with Crippen molar-refractivity contribution >= 4 is 5.97 Å². The van der Waals surface area contributed by atoms with Gasteiger partial charge in [0.2, 0.25) is 0 Å². The van der Waals surface area contributed by atoms with Gasteiger partial charge in [-0.3, -0.25) is 0 Å². The van der Waals surface area contributed by atoms with Gasteiger partial charge in [-0.15, -0.1) is 0 Å². The molecule has 0 aliphatic heterocycles. The van der Waals surface area contributed by atoms with Gasteiger partial charge in [0, 0.05) is 0 Å². The van der Waals surface area contributed by atoms with Crippen molar-refractivity contribution in [1.82, 2.24) is 0 Å². The summed E-state index contributed by atoms with van der Waals surface area (Å²) in [4.78, 5) is 11.0. The zero-order chi connectivity index (χ0) is 9.72. The smallest absolute Gasteiger partial charge is 0.339 e. The summed E-state index contributed by atoms with van der Waals surface area (Å²) < 4.78 is 4.87. The van der Waals surface area contributed by atoms with Crippen molar-refractivity contribution in [1.29, 1.82) is 0 Å². The van der Waals surface area contributed by atoms with Crippen LogP contribution in [0, 0.1) is 5.92 Å². The Hall–Kier alpha value is -0.570. The van der Waals surface area contributed by atoms with E-state index in [1.54, 1.807) is 20.8 Å². The van der Waals surface area contributed by atoms with Crippen LogP contribution in [-0.2, 0) is 14.6 Å². The number of esters is 1. The molecule has 0 aliphatic rings. The minimum Gasteiger partial charge on any atom is -0.461 e.